The highest BCUT2D eigenvalue weighted by atomic mass is 16.6. The Morgan fingerprint density at radius 2 is 1.81 bits per heavy atom. The Labute approximate surface area is 247 Å². The van der Waals surface area contributed by atoms with Crippen LogP contribution in [-0.2, 0) is 20.7 Å². The van der Waals surface area contributed by atoms with Gasteiger partial charge in [-0.2, -0.15) is 5.26 Å². The lowest BCUT2D eigenvalue weighted by molar-refractivity contribution is -0.144. The number of H-pyrrole nitrogens is 1. The van der Waals surface area contributed by atoms with Crippen LogP contribution in [0.1, 0.15) is 66.5 Å². The molecule has 2 heterocycles. The number of amides is 3. The molecule has 0 radical (unpaired) electrons. The number of nitriles is 1. The summed E-state index contributed by atoms with van der Waals surface area (Å²) in [6.07, 6.45) is -0.688. The number of carbonyl (C=O) groups excluding carboxylic acids is 3. The largest absolute Gasteiger partial charge is 0.444 e. The second-order valence-corrected chi connectivity index (χ2v) is 14.4. The predicted molar refractivity (Wildman–Crippen MR) is 159 cm³/mol. The molecule has 1 aliphatic heterocycles. The van der Waals surface area contributed by atoms with Crippen LogP contribution in [0.5, 0.6) is 0 Å². The molecule has 0 spiro atoms. The fourth-order valence-electron chi connectivity index (χ4n) is 6.18. The Bertz CT molecular complexity index is 1510. The van der Waals surface area contributed by atoms with Gasteiger partial charge in [-0.3, -0.25) is 14.4 Å². The summed E-state index contributed by atoms with van der Waals surface area (Å²) < 4.78 is 5.42. The zero-order chi connectivity index (χ0) is 31.4. The van der Waals surface area contributed by atoms with Gasteiger partial charge in [-0.1, -0.05) is 46.2 Å². The Hall–Kier alpha value is -3.87. The van der Waals surface area contributed by atoms with E-state index in [-0.39, 0.29) is 35.1 Å². The minimum Gasteiger partial charge on any atom is -0.444 e. The van der Waals surface area contributed by atoms with Gasteiger partial charge in [0.2, 0.25) is 11.8 Å². The van der Waals surface area contributed by atoms with Gasteiger partial charge in [0.25, 0.3) is 5.56 Å². The van der Waals surface area contributed by atoms with Gasteiger partial charge in [-0.05, 0) is 73.9 Å². The molecule has 226 valence electrons. The Morgan fingerprint density at radius 3 is 2.40 bits per heavy atom. The number of rotatable bonds is 6. The number of hydrogen-bond acceptors (Lipinski definition) is 6. The van der Waals surface area contributed by atoms with Crippen LogP contribution in [-0.4, -0.2) is 58.1 Å². The molecule has 1 aliphatic carbocycles. The van der Waals surface area contributed by atoms with Crippen molar-refractivity contribution in [3.8, 4) is 6.07 Å². The van der Waals surface area contributed by atoms with Crippen molar-refractivity contribution in [1.82, 2.24) is 20.5 Å². The number of carbonyl (C=O) groups is 3. The molecule has 10 heteroatoms. The number of aromatic amines is 1. The van der Waals surface area contributed by atoms with E-state index in [0.717, 1.165) is 10.9 Å². The summed E-state index contributed by atoms with van der Waals surface area (Å²) in [6.45, 7) is 17.2. The van der Waals surface area contributed by atoms with E-state index in [4.69, 9.17) is 4.74 Å². The van der Waals surface area contributed by atoms with E-state index < -0.39 is 41.1 Å². The van der Waals surface area contributed by atoms with Crippen molar-refractivity contribution in [1.29, 1.82) is 5.26 Å². The topological polar surface area (TPSA) is 144 Å². The highest BCUT2D eigenvalue weighted by Gasteiger charge is 2.69. The first kappa shape index (κ1) is 31.1. The van der Waals surface area contributed by atoms with E-state index in [1.54, 1.807) is 31.7 Å². The van der Waals surface area contributed by atoms with E-state index in [2.05, 4.69) is 35.5 Å². The molecule has 42 heavy (non-hydrogen) atoms. The first-order chi connectivity index (χ1) is 19.3. The Morgan fingerprint density at radius 1 is 1.14 bits per heavy atom. The van der Waals surface area contributed by atoms with Crippen LogP contribution in [0.3, 0.4) is 0 Å². The minimum atomic E-state index is -0.975. The number of pyridine rings is 1. The summed E-state index contributed by atoms with van der Waals surface area (Å²) in [4.78, 5) is 57.6. The van der Waals surface area contributed by atoms with Crippen molar-refractivity contribution in [3.63, 3.8) is 0 Å². The number of fused-ring (bicyclic) bond motifs is 2. The number of alkyl carbamates (subject to hydrolysis) is 1. The van der Waals surface area contributed by atoms with Crippen molar-refractivity contribution < 1.29 is 19.1 Å². The monoisotopic (exact) mass is 577 g/mol. The molecule has 0 bridgehead atoms. The van der Waals surface area contributed by atoms with E-state index in [0.29, 0.717) is 17.6 Å². The molecule has 3 amide bonds. The maximum atomic E-state index is 14.0. The van der Waals surface area contributed by atoms with E-state index in [1.165, 1.54) is 0 Å². The number of nitrogens with one attached hydrogen (secondary N) is 3. The molecule has 10 nitrogen and oxygen atoms in total. The molecule has 3 N–H and O–H groups in total. The number of ether oxygens (including phenoxy) is 1. The van der Waals surface area contributed by atoms with Gasteiger partial charge in [0.1, 0.15) is 23.7 Å². The average molecular weight is 578 g/mol. The molecule has 1 saturated heterocycles. The maximum Gasteiger partial charge on any atom is 0.408 e. The number of nitrogens with zero attached hydrogens (tertiary/aromatic N) is 2. The van der Waals surface area contributed by atoms with E-state index >= 15 is 0 Å². The van der Waals surface area contributed by atoms with Crippen LogP contribution >= 0.6 is 0 Å². The van der Waals surface area contributed by atoms with Gasteiger partial charge in [0, 0.05) is 24.0 Å². The van der Waals surface area contributed by atoms with Crippen LogP contribution in [0.25, 0.3) is 10.9 Å². The normalized spacial score (nSPS) is 22.5. The average Bonchev–Trinajstić information content (AvgIpc) is 3.19. The number of benzene rings is 1. The standard InChI is InChI=1S/C32H43N5O5/c1-17-10-11-22-18(12-17)13-19(26(38)35-22)14-20(15-33)34-27(39)24-23-21(32(23,8)9)16-37(24)28(40)25(30(2,3)4)36-29(41)42-31(5,6)7/h10-13,20-21,23-25H,14,16H2,1-9H3,(H,34,39)(H,35,38)(H,36,41)/t20?,21-,23+,24-,25+/m0/s1. The van der Waals surface area contributed by atoms with Gasteiger partial charge in [0.05, 0.1) is 6.07 Å². The SMILES string of the molecule is Cc1ccc2[nH]c(=O)c(CC(C#N)NC(=O)[C@@H]3[C@H]4[C@H](CN3C(=O)[C@@H](NC(=O)OC(C)(C)C)C(C)(C)C)C4(C)C)cc2c1. The quantitative estimate of drug-likeness (QED) is 0.476. The van der Waals surface area contributed by atoms with Crippen LogP contribution in [0.4, 0.5) is 4.79 Å². The lowest BCUT2D eigenvalue weighted by Crippen LogP contribution is -2.60. The Balaban J connectivity index is 1.56. The fourth-order valence-corrected chi connectivity index (χ4v) is 6.18. The van der Waals surface area contributed by atoms with Gasteiger partial charge in [0.15, 0.2) is 0 Å². The first-order valence-corrected chi connectivity index (χ1v) is 14.5. The molecule has 1 aromatic carbocycles. The first-order valence-electron chi connectivity index (χ1n) is 14.5. The molecular formula is C32H43N5O5. The Kier molecular flexibility index (Phi) is 7.96. The summed E-state index contributed by atoms with van der Waals surface area (Å²) in [5.74, 6) is -0.779. The molecule has 4 rings (SSSR count). The summed E-state index contributed by atoms with van der Waals surface area (Å²) in [5.41, 5.74) is 0.248. The van der Waals surface area contributed by atoms with Crippen molar-refractivity contribution in [2.45, 2.75) is 92.5 Å². The maximum absolute atomic E-state index is 14.0. The predicted octanol–water partition coefficient (Wildman–Crippen LogP) is 3.81. The highest BCUT2D eigenvalue weighted by Crippen LogP contribution is 2.65. The summed E-state index contributed by atoms with van der Waals surface area (Å²) in [6, 6.07) is 6.84. The smallest absolute Gasteiger partial charge is 0.408 e. The van der Waals surface area contributed by atoms with Gasteiger partial charge in [-0.25, -0.2) is 4.79 Å². The molecule has 2 aliphatic rings. The molecule has 1 aromatic heterocycles. The van der Waals surface area contributed by atoms with Crippen molar-refractivity contribution >= 4 is 28.8 Å². The highest BCUT2D eigenvalue weighted by molar-refractivity contribution is 5.93. The van der Waals surface area contributed by atoms with Gasteiger partial charge < -0.3 is 25.3 Å². The third kappa shape index (κ3) is 6.30. The molecule has 5 atom stereocenters. The molecule has 1 unspecified atom stereocenters. The zero-order valence-electron chi connectivity index (χ0n) is 26.0. The number of likely N-dealkylation sites (tertiary alicyclic amines) is 1. The lowest BCUT2D eigenvalue weighted by Gasteiger charge is -2.38. The second-order valence-electron chi connectivity index (χ2n) is 14.4. The lowest BCUT2D eigenvalue weighted by atomic mass is 9.85. The molecule has 2 fully saturated rings. The van der Waals surface area contributed by atoms with Gasteiger partial charge in [-0.15, -0.1) is 0 Å². The van der Waals surface area contributed by atoms with Crippen molar-refractivity contribution in [2.24, 2.45) is 22.7 Å². The number of aryl methyl sites for hydroxylation is 1. The second kappa shape index (κ2) is 10.8. The minimum absolute atomic E-state index is 0.0183. The number of hydrogen-bond donors (Lipinski definition) is 3. The van der Waals surface area contributed by atoms with E-state index in [9.17, 15) is 24.4 Å². The molecule has 2 aromatic rings. The third-order valence-electron chi connectivity index (χ3n) is 8.51. The fraction of sp³-hybridized carbons (Fsp3) is 0.594. The van der Waals surface area contributed by atoms with Gasteiger partial charge >= 0.3 is 6.09 Å². The van der Waals surface area contributed by atoms with Crippen LogP contribution < -0.4 is 16.2 Å². The summed E-state index contributed by atoms with van der Waals surface area (Å²) >= 11 is 0. The number of piperidine rings is 1. The van der Waals surface area contributed by atoms with Crippen LogP contribution in [0.15, 0.2) is 29.1 Å². The van der Waals surface area contributed by atoms with Crippen molar-refractivity contribution in [3.05, 3.63) is 45.7 Å². The van der Waals surface area contributed by atoms with Crippen LogP contribution in [0, 0.1) is 40.9 Å². The molecular weight excluding hydrogens is 534 g/mol. The number of aromatic nitrogens is 1. The summed E-state index contributed by atoms with van der Waals surface area (Å²) in [5, 5.41) is 16.3. The summed E-state index contributed by atoms with van der Waals surface area (Å²) in [7, 11) is 0. The third-order valence-corrected chi connectivity index (χ3v) is 8.51. The van der Waals surface area contributed by atoms with Crippen LogP contribution in [0.2, 0.25) is 0 Å². The van der Waals surface area contributed by atoms with Crippen molar-refractivity contribution in [2.75, 3.05) is 6.54 Å². The molecule has 1 saturated carbocycles. The van der Waals surface area contributed by atoms with E-state index in [1.807, 2.05) is 45.9 Å². The zero-order valence-corrected chi connectivity index (χ0v) is 26.0.